The zero-order chi connectivity index (χ0) is 13.8. The molecule has 20 heavy (non-hydrogen) atoms. The van der Waals surface area contributed by atoms with Crippen LogP contribution in [0.25, 0.3) is 0 Å². The highest BCUT2D eigenvalue weighted by Gasteiger charge is 2.24. The third kappa shape index (κ3) is 2.98. The summed E-state index contributed by atoms with van der Waals surface area (Å²) >= 11 is 1.42. The van der Waals surface area contributed by atoms with E-state index in [-0.39, 0.29) is 6.10 Å². The molecule has 0 saturated carbocycles. The normalized spacial score (nSPS) is 19.2. The fourth-order valence-electron chi connectivity index (χ4n) is 2.25. The topological polar surface area (TPSA) is 47.5 Å². The molecule has 0 radical (unpaired) electrons. The largest absolute Gasteiger partial charge is 0.377 e. The first-order valence-electron chi connectivity index (χ1n) is 6.60. The van der Waals surface area contributed by atoms with Crippen molar-refractivity contribution in [3.05, 3.63) is 41.7 Å². The van der Waals surface area contributed by atoms with Crippen molar-refractivity contribution in [1.82, 2.24) is 9.36 Å². The Kier molecular flexibility index (Phi) is 4.25. The molecule has 0 bridgehead atoms. The highest BCUT2D eigenvalue weighted by molar-refractivity contribution is 7.09. The van der Waals surface area contributed by atoms with Gasteiger partial charge < -0.3 is 14.4 Å². The molecule has 2 aromatic rings. The lowest BCUT2D eigenvalue weighted by atomic mass is 10.1. The molecule has 5 nitrogen and oxygen atoms in total. The number of benzene rings is 1. The Morgan fingerprint density at radius 1 is 1.40 bits per heavy atom. The first kappa shape index (κ1) is 13.5. The summed E-state index contributed by atoms with van der Waals surface area (Å²) in [7, 11) is 1.65. The van der Waals surface area contributed by atoms with Gasteiger partial charge in [0.25, 0.3) is 0 Å². The lowest BCUT2D eigenvalue weighted by Crippen LogP contribution is -2.38. The van der Waals surface area contributed by atoms with Gasteiger partial charge in [0.05, 0.1) is 13.2 Å². The van der Waals surface area contributed by atoms with Gasteiger partial charge in [-0.15, -0.1) is 0 Å². The Balaban J connectivity index is 1.71. The monoisotopic (exact) mass is 291 g/mol. The zero-order valence-electron chi connectivity index (χ0n) is 11.4. The number of hydrogen-bond donors (Lipinski definition) is 0. The van der Waals surface area contributed by atoms with Gasteiger partial charge in [-0.3, -0.25) is 0 Å². The molecule has 106 valence electrons. The van der Waals surface area contributed by atoms with Crippen LogP contribution in [-0.2, 0) is 16.1 Å². The van der Waals surface area contributed by atoms with Gasteiger partial charge in [0.15, 0.2) is 5.82 Å². The molecular formula is C14H17N3O2S. The minimum absolute atomic E-state index is 0.0970. The van der Waals surface area contributed by atoms with Crippen LogP contribution in [0.4, 0.5) is 5.13 Å². The van der Waals surface area contributed by atoms with E-state index in [0.29, 0.717) is 13.2 Å². The average molecular weight is 291 g/mol. The van der Waals surface area contributed by atoms with E-state index in [2.05, 4.69) is 26.4 Å². The highest BCUT2D eigenvalue weighted by Crippen LogP contribution is 2.27. The number of ether oxygens (including phenoxy) is 2. The average Bonchev–Trinajstić information content (AvgIpc) is 2.97. The Bertz CT molecular complexity index is 546. The SMILES string of the molecule is COCc1nsc(N2CCO[C@H](c3ccccc3)C2)n1. The Morgan fingerprint density at radius 2 is 2.25 bits per heavy atom. The lowest BCUT2D eigenvalue weighted by molar-refractivity contribution is 0.0397. The van der Waals surface area contributed by atoms with Gasteiger partial charge >= 0.3 is 0 Å². The summed E-state index contributed by atoms with van der Waals surface area (Å²) in [4.78, 5) is 6.74. The molecule has 1 aromatic heterocycles. The number of methoxy groups -OCH3 is 1. The summed E-state index contributed by atoms with van der Waals surface area (Å²) in [6, 6.07) is 10.3. The predicted octanol–water partition coefficient (Wildman–Crippen LogP) is 2.26. The minimum atomic E-state index is 0.0970. The fraction of sp³-hybridized carbons (Fsp3) is 0.429. The summed E-state index contributed by atoms with van der Waals surface area (Å²) in [6.07, 6.45) is 0.0970. The van der Waals surface area contributed by atoms with Crippen molar-refractivity contribution in [3.63, 3.8) is 0 Å². The van der Waals surface area contributed by atoms with Gasteiger partial charge in [0.1, 0.15) is 12.7 Å². The van der Waals surface area contributed by atoms with Crippen molar-refractivity contribution < 1.29 is 9.47 Å². The molecule has 0 aliphatic carbocycles. The second-order valence-electron chi connectivity index (χ2n) is 4.64. The summed E-state index contributed by atoms with van der Waals surface area (Å²) < 4.78 is 15.2. The standard InChI is InChI=1S/C14H17N3O2S/c1-18-10-13-15-14(20-16-13)17-7-8-19-12(9-17)11-5-3-2-4-6-11/h2-6,12H,7-10H2,1H3/t12-/m0/s1. The molecule has 1 aliphatic heterocycles. The van der Waals surface area contributed by atoms with Crippen LogP contribution in [0.5, 0.6) is 0 Å². The summed E-state index contributed by atoms with van der Waals surface area (Å²) in [5.74, 6) is 0.746. The summed E-state index contributed by atoms with van der Waals surface area (Å²) in [5.41, 5.74) is 1.21. The molecule has 0 unspecified atom stereocenters. The Morgan fingerprint density at radius 3 is 3.05 bits per heavy atom. The molecule has 1 aliphatic rings. The summed E-state index contributed by atoms with van der Waals surface area (Å²) in [5, 5.41) is 0.946. The Hall–Kier alpha value is -1.50. The second-order valence-corrected chi connectivity index (χ2v) is 5.37. The molecule has 1 atom stereocenters. The molecule has 2 heterocycles. The molecule has 1 fully saturated rings. The molecule has 3 rings (SSSR count). The zero-order valence-corrected chi connectivity index (χ0v) is 12.2. The van der Waals surface area contributed by atoms with Crippen molar-refractivity contribution in [2.24, 2.45) is 0 Å². The lowest BCUT2D eigenvalue weighted by Gasteiger charge is -2.32. The maximum atomic E-state index is 5.86. The van der Waals surface area contributed by atoms with Gasteiger partial charge in [-0.05, 0) is 5.56 Å². The van der Waals surface area contributed by atoms with Crippen molar-refractivity contribution in [1.29, 1.82) is 0 Å². The van der Waals surface area contributed by atoms with Gasteiger partial charge in [0.2, 0.25) is 5.13 Å². The van der Waals surface area contributed by atoms with Gasteiger partial charge in [0, 0.05) is 25.2 Å². The van der Waals surface area contributed by atoms with Crippen LogP contribution in [0.3, 0.4) is 0 Å². The number of morpholine rings is 1. The molecule has 1 saturated heterocycles. The predicted molar refractivity (Wildman–Crippen MR) is 78.0 cm³/mol. The van der Waals surface area contributed by atoms with E-state index in [1.165, 1.54) is 17.1 Å². The third-order valence-corrected chi connectivity index (χ3v) is 4.05. The second kappa shape index (κ2) is 6.30. The first-order valence-corrected chi connectivity index (χ1v) is 7.37. The van der Waals surface area contributed by atoms with E-state index in [9.17, 15) is 0 Å². The van der Waals surface area contributed by atoms with Crippen molar-refractivity contribution >= 4 is 16.7 Å². The molecule has 0 spiro atoms. The van der Waals surface area contributed by atoms with E-state index in [1.807, 2.05) is 18.2 Å². The van der Waals surface area contributed by atoms with Crippen LogP contribution in [0.1, 0.15) is 17.5 Å². The van der Waals surface area contributed by atoms with Gasteiger partial charge in [-0.25, -0.2) is 4.98 Å². The van der Waals surface area contributed by atoms with Crippen molar-refractivity contribution in [3.8, 4) is 0 Å². The van der Waals surface area contributed by atoms with Crippen LogP contribution in [-0.4, -0.2) is 36.2 Å². The van der Waals surface area contributed by atoms with Gasteiger partial charge in [-0.1, -0.05) is 30.3 Å². The number of anilines is 1. The van der Waals surface area contributed by atoms with Crippen LogP contribution in [0, 0.1) is 0 Å². The summed E-state index contributed by atoms with van der Waals surface area (Å²) in [6.45, 7) is 2.83. The maximum absolute atomic E-state index is 5.86. The van der Waals surface area contributed by atoms with E-state index in [0.717, 1.165) is 24.0 Å². The highest BCUT2D eigenvalue weighted by atomic mass is 32.1. The number of nitrogens with zero attached hydrogens (tertiary/aromatic N) is 3. The molecule has 1 aromatic carbocycles. The van der Waals surface area contributed by atoms with Crippen LogP contribution in [0.15, 0.2) is 30.3 Å². The smallest absolute Gasteiger partial charge is 0.205 e. The maximum Gasteiger partial charge on any atom is 0.205 e. The van der Waals surface area contributed by atoms with E-state index in [4.69, 9.17) is 9.47 Å². The van der Waals surface area contributed by atoms with Crippen molar-refractivity contribution in [2.75, 3.05) is 31.7 Å². The molecule has 6 heteroatoms. The fourth-order valence-corrected chi connectivity index (χ4v) is 2.96. The van der Waals surface area contributed by atoms with Crippen LogP contribution in [0.2, 0.25) is 0 Å². The van der Waals surface area contributed by atoms with Gasteiger partial charge in [-0.2, -0.15) is 4.37 Å². The van der Waals surface area contributed by atoms with E-state index >= 15 is 0 Å². The molecular weight excluding hydrogens is 274 g/mol. The van der Waals surface area contributed by atoms with Crippen LogP contribution >= 0.6 is 11.5 Å². The van der Waals surface area contributed by atoms with Crippen molar-refractivity contribution in [2.45, 2.75) is 12.7 Å². The molecule has 0 amide bonds. The quantitative estimate of drug-likeness (QED) is 0.865. The number of aromatic nitrogens is 2. The van der Waals surface area contributed by atoms with E-state index in [1.54, 1.807) is 7.11 Å². The van der Waals surface area contributed by atoms with E-state index < -0.39 is 0 Å². The molecule has 0 N–H and O–H groups in total. The third-order valence-electron chi connectivity index (χ3n) is 3.24. The number of hydrogen-bond acceptors (Lipinski definition) is 6. The Labute approximate surface area is 122 Å². The number of rotatable bonds is 4. The van der Waals surface area contributed by atoms with Crippen LogP contribution < -0.4 is 4.90 Å². The first-order chi connectivity index (χ1) is 9.86. The minimum Gasteiger partial charge on any atom is -0.377 e.